The summed E-state index contributed by atoms with van der Waals surface area (Å²) in [6.45, 7) is 3.48. The van der Waals surface area contributed by atoms with E-state index in [1.54, 1.807) is 13.8 Å². The van der Waals surface area contributed by atoms with E-state index in [0.717, 1.165) is 6.07 Å². The fourth-order valence-electron chi connectivity index (χ4n) is 0.775. The number of hydrogen-bond acceptors (Lipinski definition) is 1. The Kier molecular flexibility index (Phi) is 8.78. The molecule has 0 atom stereocenters. The van der Waals surface area contributed by atoms with E-state index >= 15 is 0 Å². The molecule has 5 heteroatoms. The summed E-state index contributed by atoms with van der Waals surface area (Å²) < 4.78 is 30.4. The van der Waals surface area contributed by atoms with Crippen molar-refractivity contribution in [3.8, 4) is 5.75 Å². The van der Waals surface area contributed by atoms with Gasteiger partial charge >= 0.3 is 23.1 Å². The molecule has 0 aromatic heterocycles. The van der Waals surface area contributed by atoms with Crippen LogP contribution in [-0.4, -0.2) is 29.2 Å². The number of halogens is 3. The van der Waals surface area contributed by atoms with Crippen molar-refractivity contribution in [2.75, 3.05) is 0 Å². The minimum absolute atomic E-state index is 0. The first-order valence-electron chi connectivity index (χ1n) is 3.63. The number of hydrogen-bond donors (Lipinski definition) is 0. The zero-order valence-electron chi connectivity index (χ0n) is 7.98. The summed E-state index contributed by atoms with van der Waals surface area (Å²) in [5, 5.41) is 0. The Morgan fingerprint density at radius 3 is 2.36 bits per heavy atom. The Bertz CT molecular complexity index is 282. The van der Waals surface area contributed by atoms with Gasteiger partial charge in [-0.2, -0.15) is 6.07 Å². The normalized spacial score (nSPS) is 8.93. The predicted molar refractivity (Wildman–Crippen MR) is 46.7 cm³/mol. The molecule has 0 aliphatic heterocycles. The van der Waals surface area contributed by atoms with Crippen molar-refractivity contribution < 1.29 is 30.5 Å². The molecule has 74 valence electrons. The van der Waals surface area contributed by atoms with E-state index in [1.165, 1.54) is 6.07 Å². The van der Waals surface area contributed by atoms with Crippen LogP contribution >= 0.6 is 0 Å². The van der Waals surface area contributed by atoms with Crippen molar-refractivity contribution in [3.63, 3.8) is 0 Å². The quantitative estimate of drug-likeness (QED) is 0.506. The molecular weight excluding hydrogens is 266 g/mol. The van der Waals surface area contributed by atoms with Crippen LogP contribution in [0.2, 0.25) is 0 Å². The molecule has 1 aromatic carbocycles. The van der Waals surface area contributed by atoms with E-state index in [9.17, 15) is 8.78 Å². The predicted octanol–water partition coefficient (Wildman–Crippen LogP) is -0.825. The van der Waals surface area contributed by atoms with Gasteiger partial charge in [-0.15, -0.1) is 12.1 Å². The van der Waals surface area contributed by atoms with Crippen LogP contribution in [0.3, 0.4) is 0 Å². The van der Waals surface area contributed by atoms with Gasteiger partial charge in [0.2, 0.25) is 0 Å². The van der Waals surface area contributed by atoms with Crippen LogP contribution in [0.4, 0.5) is 8.78 Å². The molecule has 0 saturated carbocycles. The zero-order valence-corrected chi connectivity index (χ0v) is 11.0. The fraction of sp³-hybridized carbons (Fsp3) is 0.333. The van der Waals surface area contributed by atoms with E-state index < -0.39 is 11.6 Å². The maximum Gasteiger partial charge on any atom is 2.00 e. The number of ether oxygens (including phenoxy) is 1. The van der Waals surface area contributed by atoms with E-state index in [0.29, 0.717) is 0 Å². The van der Waals surface area contributed by atoms with Crippen molar-refractivity contribution in [2.24, 2.45) is 0 Å². The second-order valence-electron chi connectivity index (χ2n) is 2.65. The molecule has 0 N–H and O–H groups in total. The second kappa shape index (κ2) is 7.42. The summed E-state index contributed by atoms with van der Waals surface area (Å²) in [6, 6.07) is 4.64. The first-order valence-corrected chi connectivity index (χ1v) is 3.63. The topological polar surface area (TPSA) is 9.23 Å². The van der Waals surface area contributed by atoms with Crippen molar-refractivity contribution in [1.82, 2.24) is 0 Å². The minimum Gasteiger partial charge on any atom is -1.00 e. The van der Waals surface area contributed by atoms with Crippen LogP contribution in [0.15, 0.2) is 12.1 Å². The molecular formula is C9H9BrF2MgO. The molecule has 1 nitrogen and oxygen atoms in total. The SMILES string of the molecule is CC(C)Oc1c[c-]cc(F)c1F.[Br-].[Mg+2]. The van der Waals surface area contributed by atoms with Crippen LogP contribution in [0.5, 0.6) is 5.75 Å². The van der Waals surface area contributed by atoms with Gasteiger partial charge in [0.1, 0.15) is 0 Å². The van der Waals surface area contributed by atoms with E-state index in [1.807, 2.05) is 0 Å². The Morgan fingerprint density at radius 1 is 1.29 bits per heavy atom. The van der Waals surface area contributed by atoms with E-state index in [2.05, 4.69) is 6.07 Å². The molecule has 0 amide bonds. The monoisotopic (exact) mass is 274 g/mol. The zero-order chi connectivity index (χ0) is 9.14. The van der Waals surface area contributed by atoms with Crippen LogP contribution in [0.1, 0.15) is 13.8 Å². The molecule has 1 rings (SSSR count). The van der Waals surface area contributed by atoms with Gasteiger partial charge in [-0.05, 0) is 13.8 Å². The maximum atomic E-state index is 12.8. The molecule has 0 unspecified atom stereocenters. The van der Waals surface area contributed by atoms with Gasteiger partial charge < -0.3 is 21.7 Å². The molecule has 1 aromatic rings. The third-order valence-electron chi connectivity index (χ3n) is 1.21. The molecule has 0 saturated heterocycles. The van der Waals surface area contributed by atoms with Gasteiger partial charge in [-0.1, -0.05) is 0 Å². The Labute approximate surface area is 109 Å². The van der Waals surface area contributed by atoms with Crippen molar-refractivity contribution >= 4 is 23.1 Å². The van der Waals surface area contributed by atoms with Gasteiger partial charge in [0.15, 0.2) is 0 Å². The summed E-state index contributed by atoms with van der Waals surface area (Å²) in [6.07, 6.45) is -0.172. The van der Waals surface area contributed by atoms with Gasteiger partial charge in [0.05, 0.1) is 11.9 Å². The Hall–Kier alpha value is 0.126. The largest absolute Gasteiger partial charge is 2.00 e. The molecule has 0 radical (unpaired) electrons. The third kappa shape index (κ3) is 4.57. The molecule has 0 fully saturated rings. The summed E-state index contributed by atoms with van der Waals surface area (Å²) in [4.78, 5) is 0. The van der Waals surface area contributed by atoms with Gasteiger partial charge in [-0.25, -0.2) is 4.39 Å². The third-order valence-corrected chi connectivity index (χ3v) is 1.21. The molecule has 0 aliphatic rings. The summed E-state index contributed by atoms with van der Waals surface area (Å²) >= 11 is 0. The molecule has 0 aliphatic carbocycles. The smallest absolute Gasteiger partial charge is 1.00 e. The standard InChI is InChI=1S/C9H9F2O.BrH.Mg/c1-6(2)12-8-5-3-4-7(10)9(8)11;;/h4-6H,1-2H3;1H;/q-1;;+2/p-1. The molecule has 0 spiro atoms. The van der Waals surface area contributed by atoms with Crippen molar-refractivity contribution in [3.05, 3.63) is 29.8 Å². The Morgan fingerprint density at radius 2 is 1.86 bits per heavy atom. The first kappa shape index (κ1) is 16.6. The van der Waals surface area contributed by atoms with E-state index in [4.69, 9.17) is 4.74 Å². The number of benzene rings is 1. The summed E-state index contributed by atoms with van der Waals surface area (Å²) in [5.41, 5.74) is 0. The maximum absolute atomic E-state index is 12.8. The van der Waals surface area contributed by atoms with Gasteiger partial charge in [0, 0.05) is 11.6 Å². The summed E-state index contributed by atoms with van der Waals surface area (Å²) in [7, 11) is 0. The van der Waals surface area contributed by atoms with Crippen molar-refractivity contribution in [2.45, 2.75) is 20.0 Å². The molecule has 14 heavy (non-hydrogen) atoms. The number of rotatable bonds is 2. The summed E-state index contributed by atoms with van der Waals surface area (Å²) in [5.74, 6) is -1.99. The van der Waals surface area contributed by atoms with Crippen LogP contribution in [-0.2, 0) is 0 Å². The van der Waals surface area contributed by atoms with Crippen LogP contribution < -0.4 is 21.7 Å². The fourth-order valence-corrected chi connectivity index (χ4v) is 0.775. The second-order valence-corrected chi connectivity index (χ2v) is 2.65. The Balaban J connectivity index is 0. The average molecular weight is 275 g/mol. The molecule has 0 heterocycles. The molecule has 0 bridgehead atoms. The van der Waals surface area contributed by atoms with Gasteiger partial charge in [0.25, 0.3) is 0 Å². The van der Waals surface area contributed by atoms with E-state index in [-0.39, 0.29) is 51.9 Å². The average Bonchev–Trinajstić information content (AvgIpc) is 1.98. The van der Waals surface area contributed by atoms with Gasteiger partial charge in [-0.3, -0.25) is 4.39 Å². The first-order chi connectivity index (χ1) is 5.61. The van der Waals surface area contributed by atoms with Crippen LogP contribution in [0.25, 0.3) is 0 Å². The minimum atomic E-state index is -0.956. The van der Waals surface area contributed by atoms with Crippen LogP contribution in [0, 0.1) is 17.7 Å². The van der Waals surface area contributed by atoms with Crippen molar-refractivity contribution in [1.29, 1.82) is 0 Å².